The first-order chi connectivity index (χ1) is 14.3. The number of fused-ring (bicyclic) bond motifs is 1. The average Bonchev–Trinajstić information content (AvgIpc) is 3.03. The van der Waals surface area contributed by atoms with E-state index in [2.05, 4.69) is 10.3 Å². The summed E-state index contributed by atoms with van der Waals surface area (Å²) in [5.41, 5.74) is -0.878. The Balaban J connectivity index is 2.00. The normalized spacial score (nSPS) is 19.9. The quantitative estimate of drug-likeness (QED) is 0.671. The minimum atomic E-state index is -1.54. The van der Waals surface area contributed by atoms with Crippen molar-refractivity contribution in [3.05, 3.63) is 47.4 Å². The summed E-state index contributed by atoms with van der Waals surface area (Å²) in [6, 6.07) is 7.47. The molecule has 0 radical (unpaired) electrons. The zero-order chi connectivity index (χ0) is 23.0. The van der Waals surface area contributed by atoms with Gasteiger partial charge in [0.25, 0.3) is 0 Å². The molecule has 2 aromatic rings. The monoisotopic (exact) mass is 432 g/mol. The van der Waals surface area contributed by atoms with Crippen molar-refractivity contribution in [1.82, 2.24) is 10.3 Å². The van der Waals surface area contributed by atoms with E-state index in [1.165, 1.54) is 19.1 Å². The molecule has 0 unspecified atom stereocenters. The van der Waals surface area contributed by atoms with Gasteiger partial charge in [-0.25, -0.2) is 14.2 Å². The van der Waals surface area contributed by atoms with Crippen molar-refractivity contribution in [3.63, 3.8) is 0 Å². The van der Waals surface area contributed by atoms with Crippen LogP contribution in [0.2, 0.25) is 0 Å². The largest absolute Gasteiger partial charge is 0.490 e. The van der Waals surface area contributed by atoms with Gasteiger partial charge in [0.1, 0.15) is 35.1 Å². The maximum Gasteiger partial charge on any atom is 0.407 e. The van der Waals surface area contributed by atoms with Crippen molar-refractivity contribution >= 4 is 6.09 Å². The zero-order valence-corrected chi connectivity index (χ0v) is 18.5. The number of aromatic nitrogens is 1. The Hall–Kier alpha value is -2.71. The van der Waals surface area contributed by atoms with Crippen LogP contribution in [0.5, 0.6) is 5.75 Å². The van der Waals surface area contributed by atoms with E-state index in [1.807, 2.05) is 6.92 Å². The molecular weight excluding hydrogens is 403 g/mol. The zero-order valence-electron chi connectivity index (χ0n) is 18.5. The minimum Gasteiger partial charge on any atom is -0.490 e. The number of pyridine rings is 1. The van der Waals surface area contributed by atoms with E-state index in [1.54, 1.807) is 39.0 Å². The molecule has 0 spiro atoms. The highest BCUT2D eigenvalue weighted by molar-refractivity contribution is 5.71. The van der Waals surface area contributed by atoms with Crippen molar-refractivity contribution in [2.45, 2.75) is 51.2 Å². The van der Waals surface area contributed by atoms with Crippen molar-refractivity contribution < 1.29 is 28.9 Å². The van der Waals surface area contributed by atoms with Crippen LogP contribution in [0.15, 0.2) is 30.3 Å². The van der Waals surface area contributed by atoms with E-state index in [-0.39, 0.29) is 31.3 Å². The van der Waals surface area contributed by atoms with Crippen LogP contribution in [-0.2, 0) is 15.8 Å². The number of ether oxygens (including phenoxy) is 2. The Labute approximate surface area is 181 Å². The molecule has 8 heteroatoms. The number of alkyl carbamates (subject to hydrolysis) is 1. The van der Waals surface area contributed by atoms with E-state index < -0.39 is 22.7 Å². The summed E-state index contributed by atoms with van der Waals surface area (Å²) in [6.45, 7) is 8.56. The lowest BCUT2D eigenvalue weighted by atomic mass is 9.83. The van der Waals surface area contributed by atoms with Gasteiger partial charge in [-0.2, -0.15) is 0 Å². The molecule has 2 heterocycles. The number of nitrogens with one attached hydrogen (secondary N) is 1. The molecule has 1 aromatic carbocycles. The third kappa shape index (κ3) is 4.97. The van der Waals surface area contributed by atoms with Crippen LogP contribution in [0.25, 0.3) is 11.3 Å². The summed E-state index contributed by atoms with van der Waals surface area (Å²) in [5, 5.41) is 23.7. The Morgan fingerprint density at radius 1 is 1.29 bits per heavy atom. The summed E-state index contributed by atoms with van der Waals surface area (Å²) in [4.78, 5) is 16.6. The third-order valence-electron chi connectivity index (χ3n) is 5.15. The van der Waals surface area contributed by atoms with Gasteiger partial charge >= 0.3 is 6.09 Å². The van der Waals surface area contributed by atoms with E-state index in [0.717, 1.165) is 0 Å². The summed E-state index contributed by atoms with van der Waals surface area (Å²) < 4.78 is 24.5. The standard InChI is InChI=1S/C23H29FN2O5/c1-21(2,3)31-20(28)25-11-23(5,29)17-10-16-19(30-13-22(16,4)12-27)18(26-17)14-6-8-15(24)9-7-14/h6-10,27,29H,11-13H2,1-5H3,(H,25,28)/t22-,23+/m0/s1. The number of amides is 1. The first-order valence-electron chi connectivity index (χ1n) is 10.1. The van der Waals surface area contributed by atoms with Gasteiger partial charge in [0.05, 0.1) is 24.3 Å². The fourth-order valence-corrected chi connectivity index (χ4v) is 3.30. The van der Waals surface area contributed by atoms with Gasteiger partial charge in [0.2, 0.25) is 0 Å². The van der Waals surface area contributed by atoms with Gasteiger partial charge in [-0.3, -0.25) is 0 Å². The minimum absolute atomic E-state index is 0.146. The van der Waals surface area contributed by atoms with E-state index in [0.29, 0.717) is 22.6 Å². The number of aliphatic hydroxyl groups excluding tert-OH is 1. The summed E-state index contributed by atoms with van der Waals surface area (Å²) >= 11 is 0. The second kappa shape index (κ2) is 8.09. The lowest BCUT2D eigenvalue weighted by Crippen LogP contribution is -2.41. The second-order valence-electron chi connectivity index (χ2n) is 9.38. The summed E-state index contributed by atoms with van der Waals surface area (Å²) in [5.74, 6) is 0.106. The number of benzene rings is 1. The molecule has 0 saturated heterocycles. The number of aliphatic hydroxyl groups is 2. The second-order valence-corrected chi connectivity index (χ2v) is 9.38. The Morgan fingerprint density at radius 3 is 2.52 bits per heavy atom. The highest BCUT2D eigenvalue weighted by atomic mass is 19.1. The fraction of sp³-hybridized carbons (Fsp3) is 0.478. The average molecular weight is 432 g/mol. The highest BCUT2D eigenvalue weighted by Gasteiger charge is 2.40. The molecular formula is C23H29FN2O5. The molecule has 7 nitrogen and oxygen atoms in total. The van der Waals surface area contributed by atoms with Gasteiger partial charge in [0, 0.05) is 11.1 Å². The highest BCUT2D eigenvalue weighted by Crippen LogP contribution is 2.45. The number of carbonyl (C=O) groups is 1. The molecule has 0 saturated carbocycles. The maximum absolute atomic E-state index is 13.4. The maximum atomic E-state index is 13.4. The molecule has 3 rings (SSSR count). The molecule has 1 amide bonds. The topological polar surface area (TPSA) is 101 Å². The molecule has 31 heavy (non-hydrogen) atoms. The lowest BCUT2D eigenvalue weighted by molar-refractivity contribution is 0.0297. The van der Waals surface area contributed by atoms with Crippen molar-refractivity contribution in [1.29, 1.82) is 0 Å². The molecule has 1 aromatic heterocycles. The SMILES string of the molecule is CC(C)(C)OC(=O)NC[C@@](C)(O)c1cc2c(c(-c3ccc(F)cc3)n1)OC[C@]2(C)CO. The number of hydrogen-bond acceptors (Lipinski definition) is 6. The van der Waals surface area contributed by atoms with Crippen molar-refractivity contribution in [3.8, 4) is 17.0 Å². The predicted molar refractivity (Wildman–Crippen MR) is 113 cm³/mol. The molecule has 2 atom stereocenters. The number of rotatable bonds is 5. The summed E-state index contributed by atoms with van der Waals surface area (Å²) in [7, 11) is 0. The summed E-state index contributed by atoms with van der Waals surface area (Å²) in [6.07, 6.45) is -0.656. The van der Waals surface area contributed by atoms with E-state index in [4.69, 9.17) is 9.47 Å². The van der Waals surface area contributed by atoms with Crippen LogP contribution in [0, 0.1) is 5.82 Å². The first kappa shape index (κ1) is 23.0. The first-order valence-corrected chi connectivity index (χ1v) is 10.1. The van der Waals surface area contributed by atoms with Crippen LogP contribution < -0.4 is 10.1 Å². The van der Waals surface area contributed by atoms with E-state index in [9.17, 15) is 19.4 Å². The molecule has 1 aliphatic heterocycles. The molecule has 0 bridgehead atoms. The van der Waals surface area contributed by atoms with Crippen LogP contribution in [-0.4, -0.2) is 46.6 Å². The number of carbonyl (C=O) groups excluding carboxylic acids is 1. The van der Waals surface area contributed by atoms with Gasteiger partial charge < -0.3 is 25.0 Å². The van der Waals surface area contributed by atoms with Gasteiger partial charge in [-0.1, -0.05) is 0 Å². The number of halogens is 1. The van der Waals surface area contributed by atoms with Gasteiger partial charge in [0.15, 0.2) is 0 Å². The fourth-order valence-electron chi connectivity index (χ4n) is 3.30. The molecule has 0 fully saturated rings. The molecule has 0 aliphatic carbocycles. The van der Waals surface area contributed by atoms with Crippen LogP contribution in [0.3, 0.4) is 0 Å². The third-order valence-corrected chi connectivity index (χ3v) is 5.15. The number of hydrogen-bond donors (Lipinski definition) is 3. The van der Waals surface area contributed by atoms with Crippen molar-refractivity contribution in [2.75, 3.05) is 19.8 Å². The van der Waals surface area contributed by atoms with Crippen LogP contribution in [0.1, 0.15) is 45.9 Å². The Bertz CT molecular complexity index is 969. The number of nitrogens with zero attached hydrogens (tertiary/aromatic N) is 1. The Kier molecular flexibility index (Phi) is 5.99. The van der Waals surface area contributed by atoms with E-state index >= 15 is 0 Å². The molecule has 1 aliphatic rings. The molecule has 3 N–H and O–H groups in total. The Morgan fingerprint density at radius 2 is 1.94 bits per heavy atom. The van der Waals surface area contributed by atoms with Crippen LogP contribution in [0.4, 0.5) is 9.18 Å². The predicted octanol–water partition coefficient (Wildman–Crippen LogP) is 3.26. The smallest absolute Gasteiger partial charge is 0.407 e. The van der Waals surface area contributed by atoms with Gasteiger partial charge in [-0.05, 0) is 65.0 Å². The van der Waals surface area contributed by atoms with Gasteiger partial charge in [-0.15, -0.1) is 0 Å². The lowest BCUT2D eigenvalue weighted by Gasteiger charge is -2.27. The van der Waals surface area contributed by atoms with Crippen molar-refractivity contribution in [2.24, 2.45) is 0 Å². The van der Waals surface area contributed by atoms with Crippen LogP contribution >= 0.6 is 0 Å². The molecule has 168 valence electrons.